The number of hydrogen-bond donors (Lipinski definition) is 2. The van der Waals surface area contributed by atoms with Crippen molar-refractivity contribution in [3.8, 4) is 0 Å². The zero-order valence-corrected chi connectivity index (χ0v) is 13.5. The summed E-state index contributed by atoms with van der Waals surface area (Å²) in [6, 6.07) is 0. The van der Waals surface area contributed by atoms with Crippen LogP contribution in [0.5, 0.6) is 0 Å². The smallest absolute Gasteiger partial charge is 0.220 e. The predicted octanol–water partition coefficient (Wildman–Crippen LogP) is 3.62. The minimum absolute atomic E-state index is 0.239. The van der Waals surface area contributed by atoms with Crippen molar-refractivity contribution in [2.75, 3.05) is 13.1 Å². The summed E-state index contributed by atoms with van der Waals surface area (Å²) in [6.07, 6.45) is 11.5. The molecule has 1 rings (SSSR count). The third kappa shape index (κ3) is 5.82. The molecule has 0 radical (unpaired) electrons. The van der Waals surface area contributed by atoms with Crippen molar-refractivity contribution in [2.24, 2.45) is 17.1 Å². The number of nitrogens with one attached hydrogen (secondary N) is 1. The second kappa shape index (κ2) is 9.38. The van der Waals surface area contributed by atoms with Gasteiger partial charge in [-0.15, -0.1) is 0 Å². The molecule has 0 aromatic carbocycles. The zero-order valence-electron chi connectivity index (χ0n) is 13.5. The van der Waals surface area contributed by atoms with Gasteiger partial charge in [0.25, 0.3) is 0 Å². The molecule has 0 aromatic heterocycles. The van der Waals surface area contributed by atoms with E-state index < -0.39 is 0 Å². The molecule has 1 aliphatic rings. The van der Waals surface area contributed by atoms with E-state index >= 15 is 0 Å². The molecule has 1 amide bonds. The molecule has 0 bridgehead atoms. The van der Waals surface area contributed by atoms with Crippen molar-refractivity contribution in [2.45, 2.75) is 78.1 Å². The Morgan fingerprint density at radius 1 is 1.20 bits per heavy atom. The molecule has 1 saturated carbocycles. The van der Waals surface area contributed by atoms with Crippen LogP contribution in [0.1, 0.15) is 78.1 Å². The van der Waals surface area contributed by atoms with Crippen LogP contribution < -0.4 is 11.1 Å². The Balaban J connectivity index is 2.25. The van der Waals surface area contributed by atoms with Crippen molar-refractivity contribution in [3.63, 3.8) is 0 Å². The molecule has 1 unspecified atom stereocenters. The highest BCUT2D eigenvalue weighted by Gasteiger charge is 2.32. The first kappa shape index (κ1) is 17.5. The summed E-state index contributed by atoms with van der Waals surface area (Å²) in [4.78, 5) is 12.0. The molecule has 0 spiro atoms. The van der Waals surface area contributed by atoms with Gasteiger partial charge >= 0.3 is 0 Å². The van der Waals surface area contributed by atoms with Gasteiger partial charge in [-0.1, -0.05) is 39.5 Å². The molecular weight excluding hydrogens is 248 g/mol. The third-order valence-electron chi connectivity index (χ3n) is 5.13. The van der Waals surface area contributed by atoms with E-state index in [9.17, 15) is 4.79 Å². The highest BCUT2D eigenvalue weighted by atomic mass is 16.1. The Kier molecular flexibility index (Phi) is 8.20. The Labute approximate surface area is 125 Å². The van der Waals surface area contributed by atoms with E-state index in [1.807, 2.05) is 0 Å². The number of rotatable bonds is 10. The van der Waals surface area contributed by atoms with E-state index in [2.05, 4.69) is 19.2 Å². The quantitative estimate of drug-likeness (QED) is 0.643. The molecular formula is C17H34N2O. The molecule has 0 heterocycles. The second-order valence-electron chi connectivity index (χ2n) is 6.61. The lowest BCUT2D eigenvalue weighted by molar-refractivity contribution is -0.121. The Hall–Kier alpha value is -0.570. The topological polar surface area (TPSA) is 55.1 Å². The fraction of sp³-hybridized carbons (Fsp3) is 0.941. The first-order valence-electron chi connectivity index (χ1n) is 8.62. The highest BCUT2D eigenvalue weighted by molar-refractivity contribution is 5.75. The van der Waals surface area contributed by atoms with Gasteiger partial charge in [0.05, 0.1) is 0 Å². The normalized spacial score (nSPS) is 18.9. The van der Waals surface area contributed by atoms with Crippen LogP contribution in [0.2, 0.25) is 0 Å². The molecule has 118 valence electrons. The summed E-state index contributed by atoms with van der Waals surface area (Å²) in [5.41, 5.74) is 6.04. The van der Waals surface area contributed by atoms with Crippen LogP contribution >= 0.6 is 0 Å². The highest BCUT2D eigenvalue weighted by Crippen LogP contribution is 2.40. The Morgan fingerprint density at radius 2 is 1.90 bits per heavy atom. The number of hydrogen-bond acceptors (Lipinski definition) is 2. The summed E-state index contributed by atoms with van der Waals surface area (Å²) in [7, 11) is 0. The molecule has 0 saturated heterocycles. The van der Waals surface area contributed by atoms with Crippen LogP contribution in [0.25, 0.3) is 0 Å². The van der Waals surface area contributed by atoms with Crippen molar-refractivity contribution < 1.29 is 4.79 Å². The van der Waals surface area contributed by atoms with Crippen LogP contribution in [-0.4, -0.2) is 19.0 Å². The lowest BCUT2D eigenvalue weighted by atomic mass is 9.83. The number of carbonyl (C=O) groups is 1. The van der Waals surface area contributed by atoms with Gasteiger partial charge in [-0.25, -0.2) is 0 Å². The lowest BCUT2D eigenvalue weighted by Gasteiger charge is -2.27. The summed E-state index contributed by atoms with van der Waals surface area (Å²) < 4.78 is 0. The summed E-state index contributed by atoms with van der Waals surface area (Å²) in [5, 5.41) is 3.19. The fourth-order valence-electron chi connectivity index (χ4n) is 3.57. The van der Waals surface area contributed by atoms with Gasteiger partial charge in [-0.3, -0.25) is 4.79 Å². The average molecular weight is 282 g/mol. The van der Waals surface area contributed by atoms with Crippen molar-refractivity contribution in [1.29, 1.82) is 0 Å². The predicted molar refractivity (Wildman–Crippen MR) is 85.5 cm³/mol. The van der Waals surface area contributed by atoms with Crippen molar-refractivity contribution in [3.05, 3.63) is 0 Å². The SMILES string of the molecule is CCCC(CCN)CCC(=O)NCC1(CC)CCCC1. The number of nitrogens with two attached hydrogens (primary N) is 1. The summed E-state index contributed by atoms with van der Waals surface area (Å²) in [5.74, 6) is 0.866. The Morgan fingerprint density at radius 3 is 2.45 bits per heavy atom. The minimum atomic E-state index is 0.239. The van der Waals surface area contributed by atoms with Gasteiger partial charge in [0.1, 0.15) is 0 Å². The maximum Gasteiger partial charge on any atom is 0.220 e. The molecule has 1 fully saturated rings. The molecule has 1 aliphatic carbocycles. The molecule has 3 heteroatoms. The van der Waals surface area contributed by atoms with Crippen LogP contribution in [0, 0.1) is 11.3 Å². The number of carbonyl (C=O) groups excluding carboxylic acids is 1. The molecule has 20 heavy (non-hydrogen) atoms. The third-order valence-corrected chi connectivity index (χ3v) is 5.13. The van der Waals surface area contributed by atoms with Crippen LogP contribution in [0.3, 0.4) is 0 Å². The van der Waals surface area contributed by atoms with Gasteiger partial charge in [0.2, 0.25) is 5.91 Å². The first-order valence-corrected chi connectivity index (χ1v) is 8.62. The standard InChI is InChI=1S/C17H34N2O/c1-3-7-15(10-13-18)8-9-16(20)19-14-17(4-2)11-5-6-12-17/h15H,3-14,18H2,1-2H3,(H,19,20). The van der Waals surface area contributed by atoms with E-state index in [4.69, 9.17) is 5.73 Å². The van der Waals surface area contributed by atoms with E-state index in [1.54, 1.807) is 0 Å². The van der Waals surface area contributed by atoms with Gasteiger partial charge in [-0.05, 0) is 50.0 Å². The average Bonchev–Trinajstić information content (AvgIpc) is 2.92. The number of amides is 1. The lowest BCUT2D eigenvalue weighted by Crippen LogP contribution is -2.35. The van der Waals surface area contributed by atoms with E-state index in [0.29, 0.717) is 17.8 Å². The van der Waals surface area contributed by atoms with Crippen LogP contribution in [-0.2, 0) is 4.79 Å². The summed E-state index contributed by atoms with van der Waals surface area (Å²) in [6.45, 7) is 6.09. The fourth-order valence-corrected chi connectivity index (χ4v) is 3.57. The second-order valence-corrected chi connectivity index (χ2v) is 6.61. The van der Waals surface area contributed by atoms with Crippen LogP contribution in [0.15, 0.2) is 0 Å². The summed E-state index contributed by atoms with van der Waals surface area (Å²) >= 11 is 0. The van der Waals surface area contributed by atoms with Crippen LogP contribution in [0.4, 0.5) is 0 Å². The monoisotopic (exact) mass is 282 g/mol. The molecule has 1 atom stereocenters. The van der Waals surface area contributed by atoms with Gasteiger partial charge < -0.3 is 11.1 Å². The van der Waals surface area contributed by atoms with Crippen molar-refractivity contribution >= 4 is 5.91 Å². The van der Waals surface area contributed by atoms with E-state index in [0.717, 1.165) is 25.9 Å². The maximum atomic E-state index is 12.0. The largest absolute Gasteiger partial charge is 0.356 e. The minimum Gasteiger partial charge on any atom is -0.356 e. The maximum absolute atomic E-state index is 12.0. The molecule has 0 aliphatic heterocycles. The molecule has 3 N–H and O–H groups in total. The molecule has 0 aromatic rings. The molecule has 3 nitrogen and oxygen atoms in total. The first-order chi connectivity index (χ1) is 9.65. The van der Waals surface area contributed by atoms with E-state index in [1.165, 1.54) is 44.9 Å². The Bertz CT molecular complexity index is 266. The van der Waals surface area contributed by atoms with E-state index in [-0.39, 0.29) is 5.91 Å². The van der Waals surface area contributed by atoms with Gasteiger partial charge in [0, 0.05) is 13.0 Å². The van der Waals surface area contributed by atoms with Gasteiger partial charge in [-0.2, -0.15) is 0 Å². The van der Waals surface area contributed by atoms with Gasteiger partial charge in [0.15, 0.2) is 0 Å². The zero-order chi connectivity index (χ0) is 14.8. The van der Waals surface area contributed by atoms with Crippen molar-refractivity contribution in [1.82, 2.24) is 5.32 Å².